The van der Waals surface area contributed by atoms with Gasteiger partial charge in [-0.05, 0) is 41.4 Å². The van der Waals surface area contributed by atoms with Crippen molar-refractivity contribution in [3.05, 3.63) is 29.8 Å². The van der Waals surface area contributed by atoms with Crippen LogP contribution in [-0.2, 0) is 15.5 Å². The molecular weight excluding hydrogens is 332 g/mol. The van der Waals surface area contributed by atoms with Crippen molar-refractivity contribution in [2.24, 2.45) is 11.8 Å². The van der Waals surface area contributed by atoms with Crippen LogP contribution in [0.4, 0.5) is 0 Å². The molecule has 0 fully saturated rings. The molecule has 0 aliphatic carbocycles. The molecular formula is C21H35O3S-. The first-order valence-electron chi connectivity index (χ1n) is 9.62. The van der Waals surface area contributed by atoms with Gasteiger partial charge in [0.1, 0.15) is 10.1 Å². The van der Waals surface area contributed by atoms with Crippen LogP contribution in [0.25, 0.3) is 0 Å². The van der Waals surface area contributed by atoms with Crippen LogP contribution < -0.4 is 0 Å². The largest absolute Gasteiger partial charge is 0.744 e. The van der Waals surface area contributed by atoms with Crippen molar-refractivity contribution in [1.82, 2.24) is 0 Å². The highest BCUT2D eigenvalue weighted by Crippen LogP contribution is 2.31. The summed E-state index contributed by atoms with van der Waals surface area (Å²) in [4.78, 5) is -0.151. The van der Waals surface area contributed by atoms with Crippen LogP contribution in [0.2, 0.25) is 0 Å². The molecule has 0 bridgehead atoms. The number of rotatable bonds is 11. The van der Waals surface area contributed by atoms with Crippen LogP contribution in [-0.4, -0.2) is 13.0 Å². The SMILES string of the molecule is CCC(C)CCCC(C)CCCC(C)(C)c1ccc(S(=O)(=O)[O-])cc1. The summed E-state index contributed by atoms with van der Waals surface area (Å²) in [7, 11) is -4.36. The van der Waals surface area contributed by atoms with E-state index in [-0.39, 0.29) is 10.3 Å². The second-order valence-electron chi connectivity index (χ2n) is 8.30. The van der Waals surface area contributed by atoms with Crippen LogP contribution in [0, 0.1) is 11.8 Å². The summed E-state index contributed by atoms with van der Waals surface area (Å²) in [5.41, 5.74) is 1.08. The Morgan fingerprint density at radius 3 is 2.00 bits per heavy atom. The molecule has 4 heteroatoms. The van der Waals surface area contributed by atoms with Crippen molar-refractivity contribution in [3.63, 3.8) is 0 Å². The van der Waals surface area contributed by atoms with E-state index in [9.17, 15) is 13.0 Å². The Hall–Kier alpha value is -0.870. The second-order valence-corrected chi connectivity index (χ2v) is 9.68. The van der Waals surface area contributed by atoms with Gasteiger partial charge in [0.2, 0.25) is 0 Å². The molecule has 0 aromatic heterocycles. The van der Waals surface area contributed by atoms with Gasteiger partial charge in [-0.2, -0.15) is 0 Å². The lowest BCUT2D eigenvalue weighted by molar-refractivity contribution is 0.379. The van der Waals surface area contributed by atoms with Crippen molar-refractivity contribution in [3.8, 4) is 0 Å². The Kier molecular flexibility index (Phi) is 8.62. The van der Waals surface area contributed by atoms with Gasteiger partial charge in [0, 0.05) is 0 Å². The van der Waals surface area contributed by atoms with Crippen LogP contribution in [0.1, 0.15) is 85.1 Å². The van der Waals surface area contributed by atoms with Gasteiger partial charge in [0.05, 0.1) is 4.90 Å². The third kappa shape index (κ3) is 7.91. The summed E-state index contributed by atoms with van der Waals surface area (Å²) >= 11 is 0. The van der Waals surface area contributed by atoms with E-state index in [1.807, 2.05) is 0 Å². The minimum atomic E-state index is -4.36. The standard InChI is InChI=1S/C21H36O3S/c1-6-17(2)9-7-10-18(3)11-8-16-21(4,5)19-12-14-20(15-13-19)25(22,23)24/h12-15,17-18H,6-11,16H2,1-5H3,(H,22,23,24)/p-1. The molecule has 2 unspecified atom stereocenters. The Morgan fingerprint density at radius 1 is 0.960 bits per heavy atom. The minimum absolute atomic E-state index is 0.0123. The van der Waals surface area contributed by atoms with Gasteiger partial charge in [0.25, 0.3) is 0 Å². The first kappa shape index (κ1) is 22.2. The maximum Gasteiger partial charge on any atom is 0.124 e. The van der Waals surface area contributed by atoms with Gasteiger partial charge in [-0.25, -0.2) is 8.42 Å². The first-order valence-corrected chi connectivity index (χ1v) is 11.0. The summed E-state index contributed by atoms with van der Waals surface area (Å²) in [6.07, 6.45) is 8.70. The molecule has 144 valence electrons. The average Bonchev–Trinajstić information content (AvgIpc) is 2.53. The lowest BCUT2D eigenvalue weighted by Crippen LogP contribution is -2.17. The van der Waals surface area contributed by atoms with Crippen LogP contribution in [0.5, 0.6) is 0 Å². The van der Waals surface area contributed by atoms with E-state index in [1.165, 1.54) is 50.7 Å². The molecule has 0 spiro atoms. The Labute approximate surface area is 155 Å². The molecule has 1 aromatic rings. The van der Waals surface area contributed by atoms with Gasteiger partial charge in [0.15, 0.2) is 0 Å². The zero-order chi connectivity index (χ0) is 19.1. The Bertz CT molecular complexity index is 603. The van der Waals surface area contributed by atoms with E-state index in [0.29, 0.717) is 0 Å². The highest BCUT2D eigenvalue weighted by atomic mass is 32.2. The second kappa shape index (κ2) is 9.72. The van der Waals surface area contributed by atoms with Crippen molar-refractivity contribution in [2.75, 3.05) is 0 Å². The number of benzene rings is 1. The highest BCUT2D eigenvalue weighted by Gasteiger charge is 2.20. The normalized spacial score (nSPS) is 15.1. The zero-order valence-electron chi connectivity index (χ0n) is 16.5. The molecule has 1 rings (SSSR count). The third-order valence-corrected chi connectivity index (χ3v) is 6.36. The lowest BCUT2D eigenvalue weighted by atomic mass is 9.79. The van der Waals surface area contributed by atoms with Crippen molar-refractivity contribution >= 4 is 10.1 Å². The van der Waals surface area contributed by atoms with E-state index in [4.69, 9.17) is 0 Å². The molecule has 0 saturated heterocycles. The van der Waals surface area contributed by atoms with Crippen LogP contribution in [0.3, 0.4) is 0 Å². The molecule has 0 amide bonds. The predicted molar refractivity (Wildman–Crippen MR) is 104 cm³/mol. The quantitative estimate of drug-likeness (QED) is 0.458. The Balaban J connectivity index is 2.45. The fourth-order valence-electron chi connectivity index (χ4n) is 3.27. The lowest BCUT2D eigenvalue weighted by Gasteiger charge is -2.26. The summed E-state index contributed by atoms with van der Waals surface area (Å²) in [5, 5.41) is 0. The van der Waals surface area contributed by atoms with Gasteiger partial charge in [-0.3, -0.25) is 0 Å². The van der Waals surface area contributed by atoms with E-state index in [0.717, 1.165) is 23.8 Å². The summed E-state index contributed by atoms with van der Waals surface area (Å²) < 4.78 is 33.1. The monoisotopic (exact) mass is 367 g/mol. The molecule has 2 atom stereocenters. The molecule has 1 aromatic carbocycles. The molecule has 0 aliphatic heterocycles. The zero-order valence-corrected chi connectivity index (χ0v) is 17.4. The highest BCUT2D eigenvalue weighted by molar-refractivity contribution is 7.85. The summed E-state index contributed by atoms with van der Waals surface area (Å²) in [5.74, 6) is 1.60. The van der Waals surface area contributed by atoms with E-state index < -0.39 is 10.1 Å². The smallest absolute Gasteiger partial charge is 0.124 e. The fraction of sp³-hybridized carbons (Fsp3) is 0.714. The van der Waals surface area contributed by atoms with E-state index in [1.54, 1.807) is 12.1 Å². The minimum Gasteiger partial charge on any atom is -0.744 e. The number of hydrogen-bond donors (Lipinski definition) is 0. The molecule has 0 aliphatic rings. The van der Waals surface area contributed by atoms with Crippen molar-refractivity contribution in [2.45, 2.75) is 89.9 Å². The van der Waals surface area contributed by atoms with Crippen LogP contribution in [0.15, 0.2) is 29.2 Å². The van der Waals surface area contributed by atoms with Gasteiger partial charge in [-0.1, -0.05) is 85.3 Å². The van der Waals surface area contributed by atoms with Crippen LogP contribution >= 0.6 is 0 Å². The maximum atomic E-state index is 11.0. The first-order chi connectivity index (χ1) is 11.6. The topological polar surface area (TPSA) is 57.2 Å². The average molecular weight is 368 g/mol. The van der Waals surface area contributed by atoms with Crippen molar-refractivity contribution in [1.29, 1.82) is 0 Å². The summed E-state index contributed by atoms with van der Waals surface area (Å²) in [6.45, 7) is 11.3. The molecule has 0 N–H and O–H groups in total. The predicted octanol–water partition coefficient (Wildman–Crippen LogP) is 5.89. The molecule has 0 saturated carbocycles. The van der Waals surface area contributed by atoms with Gasteiger partial charge in [-0.15, -0.1) is 0 Å². The molecule has 25 heavy (non-hydrogen) atoms. The summed E-state index contributed by atoms with van der Waals surface area (Å²) in [6, 6.07) is 6.41. The number of hydrogen-bond acceptors (Lipinski definition) is 3. The van der Waals surface area contributed by atoms with Gasteiger partial charge < -0.3 is 4.55 Å². The fourth-order valence-corrected chi connectivity index (χ4v) is 3.74. The van der Waals surface area contributed by atoms with Gasteiger partial charge >= 0.3 is 0 Å². The van der Waals surface area contributed by atoms with E-state index in [2.05, 4.69) is 34.6 Å². The molecule has 0 heterocycles. The molecule has 3 nitrogen and oxygen atoms in total. The maximum absolute atomic E-state index is 11.0. The Morgan fingerprint density at radius 2 is 1.48 bits per heavy atom. The van der Waals surface area contributed by atoms with Crippen molar-refractivity contribution < 1.29 is 13.0 Å². The molecule has 0 radical (unpaired) electrons. The van der Waals surface area contributed by atoms with E-state index >= 15 is 0 Å². The third-order valence-electron chi connectivity index (χ3n) is 5.51.